The Labute approximate surface area is 140 Å². The van der Waals surface area contributed by atoms with Crippen LogP contribution >= 0.6 is 0 Å². The Hall–Kier alpha value is -0.420. The van der Waals surface area contributed by atoms with Crippen LogP contribution in [0.1, 0.15) is 66.2 Å². The molecule has 3 fully saturated rings. The van der Waals surface area contributed by atoms with Gasteiger partial charge in [0, 0.05) is 17.9 Å². The summed E-state index contributed by atoms with van der Waals surface area (Å²) in [6.45, 7) is 8.54. The molecule has 0 amide bonds. The first-order chi connectivity index (χ1) is 10.6. The molecule has 3 aliphatic rings. The molecule has 0 saturated heterocycles. The second-order valence-corrected chi connectivity index (χ2v) is 10.7. The van der Waals surface area contributed by atoms with Gasteiger partial charge in [-0.1, -0.05) is 40.5 Å². The minimum absolute atomic E-state index is 0.0140. The van der Waals surface area contributed by atoms with E-state index in [9.17, 15) is 13.2 Å². The molecule has 3 rings (SSSR count). The van der Waals surface area contributed by atoms with Crippen LogP contribution in [0.3, 0.4) is 0 Å². The molecule has 3 saturated carbocycles. The Bertz CT molecular complexity index is 597. The van der Waals surface area contributed by atoms with Crippen molar-refractivity contribution < 1.29 is 13.2 Å². The number of rotatable bonds is 4. The molecule has 132 valence electrons. The average molecular weight is 342 g/mol. The number of Topliss-reactive ketones (excluding diaryl/α,β-unsaturated/α-hetero) is 1. The van der Waals surface area contributed by atoms with Crippen molar-refractivity contribution in [2.45, 2.75) is 72.3 Å². The van der Waals surface area contributed by atoms with Crippen molar-refractivity contribution in [3.05, 3.63) is 0 Å². The molecule has 1 N–H and O–H groups in total. The normalized spacial score (nSPS) is 43.0. The summed E-state index contributed by atoms with van der Waals surface area (Å²) in [5.74, 6) is 1.43. The smallest absolute Gasteiger partial charge is 0.212 e. The Morgan fingerprint density at radius 2 is 1.87 bits per heavy atom. The highest BCUT2D eigenvalue weighted by atomic mass is 32.2. The number of nitrogens with one attached hydrogen (secondary N) is 1. The van der Waals surface area contributed by atoms with Crippen molar-refractivity contribution in [2.75, 3.05) is 5.75 Å². The molecule has 0 spiro atoms. The standard InChI is InChI=1S/C18H31NO3S/c1-12-6-5-7-15(13(12)2)19-23(21,22)11-18-9-8-14(10-16(18)20)17(18,3)4/h12-15,19H,5-11H2,1-4H3/t12-,13-,14-,15-,18-/m1/s1. The molecule has 0 aromatic rings. The van der Waals surface area contributed by atoms with Gasteiger partial charge in [-0.15, -0.1) is 0 Å². The van der Waals surface area contributed by atoms with Crippen LogP contribution in [0.5, 0.6) is 0 Å². The van der Waals surface area contributed by atoms with E-state index in [4.69, 9.17) is 0 Å². The monoisotopic (exact) mass is 341 g/mol. The van der Waals surface area contributed by atoms with Crippen LogP contribution in [0.4, 0.5) is 0 Å². The maximum Gasteiger partial charge on any atom is 0.212 e. The van der Waals surface area contributed by atoms with Crippen LogP contribution < -0.4 is 4.72 Å². The first-order valence-electron chi connectivity index (χ1n) is 9.12. The molecule has 0 heterocycles. The summed E-state index contributed by atoms with van der Waals surface area (Å²) in [6.07, 6.45) is 5.47. The van der Waals surface area contributed by atoms with Gasteiger partial charge in [0.25, 0.3) is 0 Å². The van der Waals surface area contributed by atoms with Gasteiger partial charge < -0.3 is 0 Å². The zero-order chi connectivity index (χ0) is 17.0. The minimum Gasteiger partial charge on any atom is -0.299 e. The van der Waals surface area contributed by atoms with Gasteiger partial charge in [-0.2, -0.15) is 0 Å². The summed E-state index contributed by atoms with van der Waals surface area (Å²) in [7, 11) is -3.44. The van der Waals surface area contributed by atoms with E-state index in [1.54, 1.807) is 0 Å². The Morgan fingerprint density at radius 1 is 1.17 bits per heavy atom. The highest BCUT2D eigenvalue weighted by molar-refractivity contribution is 7.89. The second kappa shape index (κ2) is 5.55. The van der Waals surface area contributed by atoms with Crippen LogP contribution in [-0.2, 0) is 14.8 Å². The Balaban J connectivity index is 1.78. The molecular weight excluding hydrogens is 310 g/mol. The van der Waals surface area contributed by atoms with Crippen LogP contribution in [0, 0.1) is 28.6 Å². The molecule has 0 unspecified atom stereocenters. The molecule has 5 heteroatoms. The number of carbonyl (C=O) groups is 1. The van der Waals surface area contributed by atoms with Crippen LogP contribution in [-0.4, -0.2) is 26.0 Å². The quantitative estimate of drug-likeness (QED) is 0.854. The lowest BCUT2D eigenvalue weighted by atomic mass is 9.70. The second-order valence-electron chi connectivity index (χ2n) is 8.92. The van der Waals surface area contributed by atoms with Gasteiger partial charge in [0.05, 0.1) is 5.75 Å². The van der Waals surface area contributed by atoms with E-state index in [2.05, 4.69) is 32.4 Å². The SMILES string of the molecule is C[C@@H]1[C@H](C)CCC[C@H]1NS(=O)(=O)C[C@]12CC[C@H](CC1=O)C2(C)C. The van der Waals surface area contributed by atoms with Gasteiger partial charge in [0.1, 0.15) is 5.78 Å². The number of hydrogen-bond acceptors (Lipinski definition) is 3. The summed E-state index contributed by atoms with van der Waals surface area (Å²) in [5.41, 5.74) is -0.850. The molecule has 5 atom stereocenters. The lowest BCUT2D eigenvalue weighted by Crippen LogP contribution is -2.50. The van der Waals surface area contributed by atoms with E-state index in [-0.39, 0.29) is 23.0 Å². The van der Waals surface area contributed by atoms with Crippen molar-refractivity contribution in [1.82, 2.24) is 4.72 Å². The summed E-state index contributed by atoms with van der Waals surface area (Å²) in [5, 5.41) is 0. The molecule has 0 aromatic carbocycles. The molecule has 3 aliphatic carbocycles. The third-order valence-corrected chi connectivity index (χ3v) is 9.15. The highest BCUT2D eigenvalue weighted by Crippen LogP contribution is 2.64. The molecule has 0 radical (unpaired) electrons. The van der Waals surface area contributed by atoms with E-state index in [0.717, 1.165) is 25.7 Å². The molecular formula is C18H31NO3S. The highest BCUT2D eigenvalue weighted by Gasteiger charge is 2.65. The third kappa shape index (κ3) is 2.68. The maximum atomic E-state index is 12.9. The molecule has 23 heavy (non-hydrogen) atoms. The van der Waals surface area contributed by atoms with Crippen LogP contribution in [0.15, 0.2) is 0 Å². The van der Waals surface area contributed by atoms with Gasteiger partial charge in [0.15, 0.2) is 0 Å². The van der Waals surface area contributed by atoms with E-state index >= 15 is 0 Å². The van der Waals surface area contributed by atoms with E-state index in [1.807, 2.05) is 0 Å². The average Bonchev–Trinajstić information content (AvgIpc) is 2.77. The van der Waals surface area contributed by atoms with E-state index in [0.29, 0.717) is 24.2 Å². The first-order valence-corrected chi connectivity index (χ1v) is 10.8. The zero-order valence-electron chi connectivity index (χ0n) is 14.9. The molecule has 0 aromatic heterocycles. The summed E-state index contributed by atoms with van der Waals surface area (Å²) < 4.78 is 28.7. The summed E-state index contributed by atoms with van der Waals surface area (Å²) in [4.78, 5) is 12.6. The first kappa shape index (κ1) is 17.4. The van der Waals surface area contributed by atoms with Gasteiger partial charge >= 0.3 is 0 Å². The molecule has 2 bridgehead atoms. The van der Waals surface area contributed by atoms with Crippen molar-refractivity contribution in [3.8, 4) is 0 Å². The van der Waals surface area contributed by atoms with Crippen LogP contribution in [0.2, 0.25) is 0 Å². The lowest BCUT2D eigenvalue weighted by molar-refractivity contribution is -0.128. The van der Waals surface area contributed by atoms with E-state index in [1.165, 1.54) is 6.42 Å². The fourth-order valence-corrected chi connectivity index (χ4v) is 7.66. The topological polar surface area (TPSA) is 63.2 Å². The largest absolute Gasteiger partial charge is 0.299 e. The van der Waals surface area contributed by atoms with Gasteiger partial charge in [-0.25, -0.2) is 13.1 Å². The van der Waals surface area contributed by atoms with E-state index < -0.39 is 15.4 Å². The van der Waals surface area contributed by atoms with Crippen molar-refractivity contribution in [2.24, 2.45) is 28.6 Å². The van der Waals surface area contributed by atoms with Crippen LogP contribution in [0.25, 0.3) is 0 Å². The predicted molar refractivity (Wildman–Crippen MR) is 91.5 cm³/mol. The number of ketones is 1. The maximum absolute atomic E-state index is 12.9. The third-order valence-electron chi connectivity index (χ3n) is 7.61. The number of sulfonamides is 1. The number of carbonyl (C=O) groups excluding carboxylic acids is 1. The van der Waals surface area contributed by atoms with Gasteiger partial charge in [-0.05, 0) is 42.4 Å². The summed E-state index contributed by atoms with van der Waals surface area (Å²) in [6, 6.07) is 0.0250. The van der Waals surface area contributed by atoms with Crippen molar-refractivity contribution >= 4 is 15.8 Å². The minimum atomic E-state index is -3.44. The van der Waals surface area contributed by atoms with Crippen molar-refractivity contribution in [1.29, 1.82) is 0 Å². The van der Waals surface area contributed by atoms with Crippen molar-refractivity contribution in [3.63, 3.8) is 0 Å². The fourth-order valence-electron chi connectivity index (χ4n) is 5.45. The number of hydrogen-bond donors (Lipinski definition) is 1. The lowest BCUT2D eigenvalue weighted by Gasteiger charge is -2.38. The fraction of sp³-hybridized carbons (Fsp3) is 0.944. The molecule has 4 nitrogen and oxygen atoms in total. The Kier molecular flexibility index (Phi) is 4.20. The Morgan fingerprint density at radius 3 is 2.43 bits per heavy atom. The zero-order valence-corrected chi connectivity index (χ0v) is 15.7. The molecule has 0 aliphatic heterocycles. The number of fused-ring (bicyclic) bond motifs is 2. The summed E-state index contributed by atoms with van der Waals surface area (Å²) >= 11 is 0. The van der Waals surface area contributed by atoms with Gasteiger partial charge in [-0.3, -0.25) is 4.79 Å². The predicted octanol–water partition coefficient (Wildman–Crippen LogP) is 3.13. The van der Waals surface area contributed by atoms with Gasteiger partial charge in [0.2, 0.25) is 10.0 Å².